The van der Waals surface area contributed by atoms with Crippen LogP contribution < -0.4 is 9.80 Å². The molecule has 6 heteroatoms. The van der Waals surface area contributed by atoms with Crippen molar-refractivity contribution in [3.05, 3.63) is 35.7 Å². The maximum absolute atomic E-state index is 4.69. The molecule has 0 N–H and O–H groups in total. The van der Waals surface area contributed by atoms with Crippen molar-refractivity contribution in [2.75, 3.05) is 36.0 Å². The van der Waals surface area contributed by atoms with E-state index >= 15 is 0 Å². The number of rotatable bonds is 3. The molecule has 0 aromatic carbocycles. The van der Waals surface area contributed by atoms with Crippen molar-refractivity contribution in [1.82, 2.24) is 19.9 Å². The van der Waals surface area contributed by atoms with Crippen LogP contribution in [0.1, 0.15) is 24.0 Å². The van der Waals surface area contributed by atoms with Crippen molar-refractivity contribution >= 4 is 11.6 Å². The van der Waals surface area contributed by atoms with Gasteiger partial charge in [-0.1, -0.05) is 6.92 Å². The zero-order valence-corrected chi connectivity index (χ0v) is 13.5. The van der Waals surface area contributed by atoms with Gasteiger partial charge in [0.1, 0.15) is 17.5 Å². The molecule has 6 nitrogen and oxygen atoms in total. The van der Waals surface area contributed by atoms with E-state index in [1.54, 1.807) is 12.4 Å². The zero-order chi connectivity index (χ0) is 15.5. The molecule has 2 aromatic heterocycles. The van der Waals surface area contributed by atoms with Gasteiger partial charge in [-0.25, -0.2) is 15.0 Å². The molecule has 2 aromatic rings. The van der Waals surface area contributed by atoms with Gasteiger partial charge in [-0.2, -0.15) is 0 Å². The predicted octanol–water partition coefficient (Wildman–Crippen LogP) is 1.77. The number of piperazine rings is 1. The quantitative estimate of drug-likeness (QED) is 0.861. The van der Waals surface area contributed by atoms with Crippen molar-refractivity contribution in [1.29, 1.82) is 0 Å². The number of hydrogen-bond donors (Lipinski definition) is 0. The van der Waals surface area contributed by atoms with Gasteiger partial charge in [0.25, 0.3) is 0 Å². The third-order valence-corrected chi connectivity index (χ3v) is 4.11. The van der Waals surface area contributed by atoms with Crippen LogP contribution in [0.15, 0.2) is 18.6 Å². The van der Waals surface area contributed by atoms with Crippen LogP contribution in [0.3, 0.4) is 0 Å². The van der Waals surface area contributed by atoms with E-state index in [4.69, 9.17) is 4.98 Å². The Bertz CT molecular complexity index is 635. The van der Waals surface area contributed by atoms with Crippen molar-refractivity contribution in [3.63, 3.8) is 0 Å². The van der Waals surface area contributed by atoms with E-state index in [2.05, 4.69) is 38.6 Å². The van der Waals surface area contributed by atoms with E-state index in [9.17, 15) is 0 Å². The Kier molecular flexibility index (Phi) is 4.18. The molecule has 0 amide bonds. The van der Waals surface area contributed by atoms with Crippen LogP contribution in [-0.4, -0.2) is 46.1 Å². The Balaban J connectivity index is 1.77. The first kappa shape index (κ1) is 14.7. The summed E-state index contributed by atoms with van der Waals surface area (Å²) in [6.07, 6.45) is 6.24. The van der Waals surface area contributed by atoms with Crippen molar-refractivity contribution < 1.29 is 0 Å². The van der Waals surface area contributed by atoms with Gasteiger partial charge < -0.3 is 9.80 Å². The van der Waals surface area contributed by atoms with E-state index < -0.39 is 0 Å². The van der Waals surface area contributed by atoms with Crippen molar-refractivity contribution in [3.8, 4) is 0 Å². The molecule has 116 valence electrons. The molecule has 1 fully saturated rings. The summed E-state index contributed by atoms with van der Waals surface area (Å²) in [4.78, 5) is 22.4. The first-order valence-corrected chi connectivity index (χ1v) is 7.79. The summed E-state index contributed by atoms with van der Waals surface area (Å²) in [5.41, 5.74) is 2.36. The second-order valence-electron chi connectivity index (χ2n) is 5.55. The van der Waals surface area contributed by atoms with Gasteiger partial charge in [-0.3, -0.25) is 4.98 Å². The molecule has 0 saturated carbocycles. The highest BCUT2D eigenvalue weighted by Crippen LogP contribution is 2.23. The Hall–Kier alpha value is -2.24. The van der Waals surface area contributed by atoms with Crippen LogP contribution in [0, 0.1) is 13.8 Å². The Labute approximate surface area is 131 Å². The molecule has 0 aliphatic carbocycles. The predicted molar refractivity (Wildman–Crippen MR) is 87.3 cm³/mol. The summed E-state index contributed by atoms with van der Waals surface area (Å²) in [7, 11) is 0. The van der Waals surface area contributed by atoms with Gasteiger partial charge in [0.2, 0.25) is 0 Å². The fraction of sp³-hybridized carbons (Fsp3) is 0.500. The van der Waals surface area contributed by atoms with Crippen molar-refractivity contribution in [2.45, 2.75) is 27.2 Å². The topological polar surface area (TPSA) is 58.0 Å². The van der Waals surface area contributed by atoms with E-state index in [0.717, 1.165) is 55.8 Å². The average molecular weight is 298 g/mol. The third-order valence-electron chi connectivity index (χ3n) is 4.11. The zero-order valence-electron chi connectivity index (χ0n) is 13.5. The monoisotopic (exact) mass is 298 g/mol. The van der Waals surface area contributed by atoms with E-state index in [1.165, 1.54) is 5.56 Å². The minimum Gasteiger partial charge on any atom is -0.353 e. The lowest BCUT2D eigenvalue weighted by Gasteiger charge is -2.36. The molecule has 0 unspecified atom stereocenters. The molecule has 22 heavy (non-hydrogen) atoms. The summed E-state index contributed by atoms with van der Waals surface area (Å²) in [5, 5.41) is 0. The van der Waals surface area contributed by atoms with Gasteiger partial charge in [0, 0.05) is 49.8 Å². The molecular formula is C16H22N6. The molecule has 0 spiro atoms. The van der Waals surface area contributed by atoms with Gasteiger partial charge in [0.05, 0.1) is 6.20 Å². The number of nitrogens with zero attached hydrogens (tertiary/aromatic N) is 6. The van der Waals surface area contributed by atoms with Crippen LogP contribution >= 0.6 is 0 Å². The molecule has 1 aliphatic rings. The number of aromatic nitrogens is 4. The molecule has 1 saturated heterocycles. The van der Waals surface area contributed by atoms with Gasteiger partial charge in [-0.05, 0) is 20.3 Å². The summed E-state index contributed by atoms with van der Waals surface area (Å²) in [5.74, 6) is 2.90. The highest BCUT2D eigenvalue weighted by atomic mass is 15.3. The van der Waals surface area contributed by atoms with Crippen LogP contribution in [0.5, 0.6) is 0 Å². The second-order valence-corrected chi connectivity index (χ2v) is 5.55. The van der Waals surface area contributed by atoms with E-state index in [-0.39, 0.29) is 0 Å². The lowest BCUT2D eigenvalue weighted by atomic mass is 10.1. The highest BCUT2D eigenvalue weighted by molar-refractivity contribution is 5.51. The smallest absolute Gasteiger partial charge is 0.147 e. The van der Waals surface area contributed by atoms with Gasteiger partial charge in [0.15, 0.2) is 0 Å². The molecule has 0 bridgehead atoms. The largest absolute Gasteiger partial charge is 0.353 e. The molecule has 0 atom stereocenters. The van der Waals surface area contributed by atoms with E-state index in [0.29, 0.717) is 0 Å². The fourth-order valence-electron chi connectivity index (χ4n) is 3.00. The van der Waals surface area contributed by atoms with Gasteiger partial charge in [-0.15, -0.1) is 0 Å². The molecule has 3 rings (SSSR count). The first-order valence-electron chi connectivity index (χ1n) is 7.79. The SMILES string of the molecule is CCc1c(C)nc(C)nc1N1CCN(c2cnccn2)CC1. The number of aryl methyl sites for hydroxylation is 2. The molecule has 0 radical (unpaired) electrons. The average Bonchev–Trinajstić information content (AvgIpc) is 2.55. The standard InChI is InChI=1S/C16H22N6/c1-4-14-12(2)19-13(3)20-16(14)22-9-7-21(8-10-22)15-11-17-5-6-18-15/h5-6,11H,4,7-10H2,1-3H3. The number of anilines is 2. The maximum Gasteiger partial charge on any atom is 0.147 e. The Morgan fingerprint density at radius 1 is 1.00 bits per heavy atom. The normalized spacial score (nSPS) is 15.2. The molecule has 1 aliphatic heterocycles. The second kappa shape index (κ2) is 6.25. The number of hydrogen-bond acceptors (Lipinski definition) is 6. The summed E-state index contributed by atoms with van der Waals surface area (Å²) in [6, 6.07) is 0. The Morgan fingerprint density at radius 3 is 2.36 bits per heavy atom. The molecule has 3 heterocycles. The minimum atomic E-state index is 0.848. The van der Waals surface area contributed by atoms with Gasteiger partial charge >= 0.3 is 0 Å². The van der Waals surface area contributed by atoms with Crippen LogP contribution in [0.25, 0.3) is 0 Å². The summed E-state index contributed by atoms with van der Waals surface area (Å²) >= 11 is 0. The Morgan fingerprint density at radius 2 is 1.73 bits per heavy atom. The van der Waals surface area contributed by atoms with E-state index in [1.807, 2.05) is 13.1 Å². The van der Waals surface area contributed by atoms with Crippen LogP contribution in [0.4, 0.5) is 11.6 Å². The lowest BCUT2D eigenvalue weighted by molar-refractivity contribution is 0.635. The maximum atomic E-state index is 4.69. The summed E-state index contributed by atoms with van der Waals surface area (Å²) in [6.45, 7) is 9.96. The minimum absolute atomic E-state index is 0.848. The summed E-state index contributed by atoms with van der Waals surface area (Å²) < 4.78 is 0. The van der Waals surface area contributed by atoms with Crippen LogP contribution in [0.2, 0.25) is 0 Å². The highest BCUT2D eigenvalue weighted by Gasteiger charge is 2.22. The lowest BCUT2D eigenvalue weighted by Crippen LogP contribution is -2.47. The molecular weight excluding hydrogens is 276 g/mol. The van der Waals surface area contributed by atoms with Crippen LogP contribution in [-0.2, 0) is 6.42 Å². The third kappa shape index (κ3) is 2.86. The van der Waals surface area contributed by atoms with Crippen molar-refractivity contribution in [2.24, 2.45) is 0 Å². The fourth-order valence-corrected chi connectivity index (χ4v) is 3.00. The first-order chi connectivity index (χ1) is 10.7.